The Bertz CT molecular complexity index is 5690. The monoisotopic (exact) mass is 2040 g/mol. The summed E-state index contributed by atoms with van der Waals surface area (Å²) < 4.78 is 80.2. The topological polar surface area (TPSA) is 102 Å². The van der Waals surface area contributed by atoms with E-state index in [1.807, 2.05) is 24.3 Å². The van der Waals surface area contributed by atoms with E-state index in [1.54, 1.807) is 0 Å². The summed E-state index contributed by atoms with van der Waals surface area (Å²) in [6.07, 6.45) is -1.38. The molecule has 730 valence electrons. The van der Waals surface area contributed by atoms with E-state index in [4.69, 9.17) is 50.2 Å². The first kappa shape index (κ1) is 104. The number of hydrogen-bond donors (Lipinski definition) is 0. The van der Waals surface area contributed by atoms with Gasteiger partial charge in [0.2, 0.25) is 0 Å². The molecule has 0 N–H and O–H groups in total. The molecule has 12 atom stereocenters. The molecule has 19 rings (SSSR count). The predicted molar refractivity (Wildman–Crippen MR) is 609 cm³/mol. The Morgan fingerprint density at radius 3 is 0.490 bits per heavy atom. The van der Waals surface area contributed by atoms with Crippen molar-refractivity contribution in [1.82, 2.24) is 0 Å². The normalized spacial score (nSPS) is 19.7. The second-order valence-electron chi connectivity index (χ2n) is 38.0. The molecule has 16 aromatic rings. The van der Waals surface area contributed by atoms with E-state index in [2.05, 4.69) is 530 Å². The average molecular weight is 2040 g/mol. The molecule has 0 radical (unpaired) electrons. The number of hydrogen-bond acceptors (Lipinski definition) is 11. The van der Waals surface area contributed by atoms with Crippen LogP contribution in [0.3, 0.4) is 0 Å². The maximum atomic E-state index is 7.86. The zero-order valence-electron chi connectivity index (χ0n) is 83.1. The molecule has 3 aliphatic heterocycles. The summed E-state index contributed by atoms with van der Waals surface area (Å²) >= 11 is 0. The molecule has 11 nitrogen and oxygen atoms in total. The van der Waals surface area contributed by atoms with Gasteiger partial charge in [-0.05, 0) is 57.5 Å². The molecule has 19 heteroatoms. The molecule has 3 aliphatic rings. The Morgan fingerprint density at radius 2 is 0.336 bits per heavy atom. The van der Waals surface area contributed by atoms with Crippen molar-refractivity contribution in [2.45, 2.75) is 165 Å². The van der Waals surface area contributed by atoms with Crippen molar-refractivity contribution in [3.63, 3.8) is 0 Å². The minimum absolute atomic E-state index is 0.0178. The van der Waals surface area contributed by atoms with E-state index in [1.165, 1.54) is 63.2 Å². The highest BCUT2D eigenvalue weighted by atomic mass is 31.2. The third-order valence-electron chi connectivity index (χ3n) is 26.3. The van der Waals surface area contributed by atoms with Crippen molar-refractivity contribution < 1.29 is 50.2 Å². The molecule has 3 fully saturated rings. The van der Waals surface area contributed by atoms with Crippen LogP contribution in [0, 0.1) is 0 Å². The van der Waals surface area contributed by atoms with E-state index < -0.39 is 89.9 Å². The molecule has 16 aromatic carbocycles. The van der Waals surface area contributed by atoms with Gasteiger partial charge in [-0.3, -0.25) is 0 Å². The van der Waals surface area contributed by atoms with Crippen LogP contribution in [0.2, 0.25) is 10.1 Å². The van der Waals surface area contributed by atoms with Gasteiger partial charge in [-0.15, -0.1) is 0 Å². The van der Waals surface area contributed by atoms with Crippen LogP contribution in [-0.4, -0.2) is 103 Å². The number of rotatable bonds is 36. The lowest BCUT2D eigenvalue weighted by molar-refractivity contribution is -0.0292. The summed E-state index contributed by atoms with van der Waals surface area (Å²) in [6, 6.07) is 170. The fourth-order valence-corrected chi connectivity index (χ4v) is 40.2. The summed E-state index contributed by atoms with van der Waals surface area (Å²) in [4.78, 5) is 0. The van der Waals surface area contributed by atoms with Gasteiger partial charge in [-0.2, -0.15) is 0 Å². The Morgan fingerprint density at radius 1 is 0.196 bits per heavy atom. The zero-order chi connectivity index (χ0) is 98.8. The summed E-state index contributed by atoms with van der Waals surface area (Å²) in [5.41, 5.74) is 0. The van der Waals surface area contributed by atoms with Gasteiger partial charge in [-0.25, -0.2) is 0 Å². The molecule has 0 bridgehead atoms. The fourth-order valence-electron chi connectivity index (χ4n) is 19.4. The highest BCUT2D eigenvalue weighted by Gasteiger charge is 2.57. The van der Waals surface area contributed by atoms with Crippen LogP contribution in [0.25, 0.3) is 0 Å². The third kappa shape index (κ3) is 25.5. The van der Waals surface area contributed by atoms with Gasteiger partial charge in [0.05, 0.1) is 86.5 Å². The van der Waals surface area contributed by atoms with Crippen molar-refractivity contribution in [1.29, 1.82) is 0 Å². The molecule has 0 amide bonds. The predicted octanol–water partition coefficient (Wildman–Crippen LogP) is 22.9. The van der Waals surface area contributed by atoms with Crippen molar-refractivity contribution in [2.24, 2.45) is 0 Å². The van der Waals surface area contributed by atoms with Crippen molar-refractivity contribution in [3.05, 3.63) is 485 Å². The van der Waals surface area contributed by atoms with E-state index in [0.717, 1.165) is 34.1 Å². The Labute approximate surface area is 857 Å². The van der Waals surface area contributed by atoms with E-state index in [9.17, 15) is 0 Å². The highest BCUT2D eigenvalue weighted by Crippen LogP contribution is 2.52. The Balaban J connectivity index is 0.000000163. The first-order valence-electron chi connectivity index (χ1n) is 49.9. The van der Waals surface area contributed by atoms with Crippen LogP contribution >= 0.6 is 48.9 Å². The summed E-state index contributed by atoms with van der Waals surface area (Å²) in [5, 5.41) is 18.3. The van der Waals surface area contributed by atoms with Crippen molar-refractivity contribution in [2.75, 3.05) is 13.2 Å². The second-order valence-corrected chi connectivity index (χ2v) is 57.6. The van der Waals surface area contributed by atoms with Crippen LogP contribution in [0.4, 0.5) is 0 Å². The summed E-state index contributed by atoms with van der Waals surface area (Å²) in [5.74, 6) is 0. The van der Waals surface area contributed by atoms with Crippen LogP contribution in [0.1, 0.15) is 82.1 Å². The second kappa shape index (κ2) is 50.9. The summed E-state index contributed by atoms with van der Waals surface area (Å²) in [7, 11) is -12.9. The molecule has 3 saturated heterocycles. The lowest BCUT2D eigenvalue weighted by Crippen LogP contribution is -2.67. The van der Waals surface area contributed by atoms with E-state index >= 15 is 0 Å². The first-order chi connectivity index (χ1) is 70.0. The molecule has 0 unspecified atom stereocenters. The largest absolute Gasteiger partial charge is 0.405 e. The van der Waals surface area contributed by atoms with Gasteiger partial charge in [0.25, 0.3) is 16.6 Å². The molecule has 0 aliphatic carbocycles. The SMILES string of the molecule is CC(C)(C)[Si](OC[C@H]1O[C@H](CO[Si](c2ccccc2)(c2ccccc2)C(C)(C)C)[C@@H](OP(c2ccccc2)c2ccccc2)[C@@H]1OP(c1ccccc1)c1ccccc1)(c1ccccc1)c1ccccc1.CC[C@H]1O[C@H](CC)[C@@H](OP(c2ccccc2)c2ccccc2)[C@@H]1OP(c1ccccc1)c1ccccc1.C[C@H]1O[C@H](C)[C@@H](OP(c2ccccc2)c2ccccc2)[C@@H]1OP(c1ccccc1)c1ccccc1. The Kier molecular flexibility index (Phi) is 37.2. The quantitative estimate of drug-likeness (QED) is 0.0277. The molecule has 0 saturated carbocycles. The summed E-state index contributed by atoms with van der Waals surface area (Å²) in [6.45, 7) is 23.1. The van der Waals surface area contributed by atoms with E-state index in [0.29, 0.717) is 0 Å². The third-order valence-corrected chi connectivity index (χ3v) is 48.2. The lowest BCUT2D eigenvalue weighted by atomic mass is 10.1. The van der Waals surface area contributed by atoms with Gasteiger partial charge in [0.15, 0.2) is 0 Å². The molecule has 0 aromatic heterocycles. The Hall–Kier alpha value is -9.91. The van der Waals surface area contributed by atoms with Gasteiger partial charge in [0, 0.05) is 63.7 Å². The van der Waals surface area contributed by atoms with Gasteiger partial charge in [-0.1, -0.05) is 541 Å². The number of ether oxygens (including phenoxy) is 3. The maximum absolute atomic E-state index is 7.86. The van der Waals surface area contributed by atoms with Crippen LogP contribution < -0.4 is 84.4 Å². The molecule has 0 spiro atoms. The van der Waals surface area contributed by atoms with E-state index in [-0.39, 0.29) is 72.1 Å². The lowest BCUT2D eigenvalue weighted by Gasteiger charge is -2.44. The minimum atomic E-state index is -3.05. The van der Waals surface area contributed by atoms with Crippen molar-refractivity contribution >= 4 is 150 Å². The maximum Gasteiger partial charge on any atom is 0.261 e. The molecule has 3 heterocycles. The highest BCUT2D eigenvalue weighted by molar-refractivity contribution is 7.70. The number of benzene rings is 16. The first-order valence-corrected chi connectivity index (χ1v) is 61.2. The standard InChI is InChI=1S/C62H66O5P2Si2.C32H34O3P2.C30H30O3P2/c1-61(2,3)70(53-39-23-11-24-40-53,54-41-25-12-26-42-54)63-47-57-59(66-68(49-31-15-7-16-32-49)50-33-17-8-18-34-50)60(67-69(51-35-19-9-20-36-51)52-37-21-10-22-38-52)58(65-57)48-64-71(62(4,5)6,55-43-27-13-28-44-55)56-45-29-14-30-46-56;1-3-29-31(34-36(25-17-9-5-10-18-25)26-19-11-6-12-20-26)32(30(4-2)33-29)35-37(27-21-13-7-14-22-27)28-23-15-8-16-24-28;1-23-29(32-34(25-15-7-3-8-16-25)26-17-9-4-10-18-26)30(24(2)31-23)33-35(27-19-11-5-12-20-27)28-21-13-6-14-22-28/h7-46,57-60H,47-48H2,1-6H3;5-24,29-32H,3-4H2,1-2H3;3-24,29-30H,1-2H3/t57-,58-,59-,60-;29-,30-,31-,32-;23-,24-,29-,30-/m111/s1. The van der Waals surface area contributed by atoms with Crippen LogP contribution in [-0.2, 0) is 50.2 Å². The molecular weight excluding hydrogens is 1910 g/mol. The fraction of sp³-hybridized carbons (Fsp3) is 0.226. The van der Waals surface area contributed by atoms with Crippen LogP contribution in [0.15, 0.2) is 485 Å². The molecule has 143 heavy (non-hydrogen) atoms. The van der Waals surface area contributed by atoms with Crippen molar-refractivity contribution in [3.8, 4) is 0 Å². The van der Waals surface area contributed by atoms with Crippen LogP contribution in [0.5, 0.6) is 0 Å². The van der Waals surface area contributed by atoms with Gasteiger partial charge < -0.3 is 50.2 Å². The van der Waals surface area contributed by atoms with Gasteiger partial charge >= 0.3 is 0 Å². The smallest absolute Gasteiger partial charge is 0.261 e. The zero-order valence-corrected chi connectivity index (χ0v) is 90.5. The minimum Gasteiger partial charge on any atom is -0.405 e. The van der Waals surface area contributed by atoms with Gasteiger partial charge in [0.1, 0.15) is 48.8 Å². The average Bonchev–Trinajstić information content (AvgIpc) is 1.73. The molecular formula is C124H130O11P6Si2.